The maximum absolute atomic E-state index is 12.6. The van der Waals surface area contributed by atoms with Crippen LogP contribution in [0.25, 0.3) is 17.0 Å². The molecule has 1 aliphatic rings. The first-order chi connectivity index (χ1) is 12.9. The molecule has 5 nitrogen and oxygen atoms in total. The van der Waals surface area contributed by atoms with Crippen molar-refractivity contribution in [3.63, 3.8) is 0 Å². The van der Waals surface area contributed by atoms with E-state index in [9.17, 15) is 9.90 Å². The Kier molecular flexibility index (Phi) is 5.92. The smallest absolute Gasteiger partial charge is 0.316 e. The predicted molar refractivity (Wildman–Crippen MR) is 105 cm³/mol. The monoisotopic (exact) mass is 369 g/mol. The number of aliphatic hydroxyl groups excluding tert-OH is 1. The van der Waals surface area contributed by atoms with E-state index in [0.717, 1.165) is 22.9 Å². The van der Waals surface area contributed by atoms with Gasteiger partial charge in [-0.15, -0.1) is 0 Å². The number of rotatable bonds is 6. The second-order valence-corrected chi connectivity index (χ2v) is 7.26. The number of aromatic nitrogens is 1. The summed E-state index contributed by atoms with van der Waals surface area (Å²) in [5.41, 5.74) is 1.68. The number of hydrogen-bond donors (Lipinski definition) is 1. The molecule has 2 aromatic rings. The molecule has 1 aromatic carbocycles. The second kappa shape index (κ2) is 8.19. The third-order valence-corrected chi connectivity index (χ3v) is 5.28. The number of hydrogen-bond acceptors (Lipinski definition) is 5. The highest BCUT2D eigenvalue weighted by molar-refractivity contribution is 5.83. The molecule has 0 aliphatic carbocycles. The molecule has 3 atom stereocenters. The zero-order chi connectivity index (χ0) is 19.4. The summed E-state index contributed by atoms with van der Waals surface area (Å²) in [6.07, 6.45) is 4.12. The number of aliphatic hydroxyl groups is 1. The van der Waals surface area contributed by atoms with Crippen LogP contribution in [0, 0.1) is 11.3 Å². The van der Waals surface area contributed by atoms with Crippen LogP contribution in [-0.2, 0) is 14.3 Å². The Hall–Kier alpha value is -2.24. The molecule has 0 radical (unpaired) electrons. The Morgan fingerprint density at radius 3 is 2.89 bits per heavy atom. The van der Waals surface area contributed by atoms with Crippen LogP contribution in [-0.4, -0.2) is 35.9 Å². The molecule has 27 heavy (non-hydrogen) atoms. The Labute approximate surface area is 160 Å². The van der Waals surface area contributed by atoms with Crippen LogP contribution in [0.1, 0.15) is 44.6 Å². The number of carbonyl (C=O) groups excluding carboxylic acids is 1. The predicted octanol–water partition coefficient (Wildman–Crippen LogP) is 3.91. The fourth-order valence-electron chi connectivity index (χ4n) is 3.42. The molecule has 1 saturated heterocycles. The van der Waals surface area contributed by atoms with Gasteiger partial charge in [0.2, 0.25) is 0 Å². The SMILES string of the molecule is CCOC(=O)C(C)(/C=C/c1ccc2ccc([C@@H](C)O)nc2c1)C1CCOC1. The molecular weight excluding hydrogens is 342 g/mol. The van der Waals surface area contributed by atoms with Crippen LogP contribution >= 0.6 is 0 Å². The molecule has 1 N–H and O–H groups in total. The number of pyridine rings is 1. The highest BCUT2D eigenvalue weighted by atomic mass is 16.5. The topological polar surface area (TPSA) is 68.7 Å². The van der Waals surface area contributed by atoms with Crippen LogP contribution in [0.15, 0.2) is 36.4 Å². The summed E-state index contributed by atoms with van der Waals surface area (Å²) in [5.74, 6) is -0.111. The van der Waals surface area contributed by atoms with Crippen molar-refractivity contribution in [3.8, 4) is 0 Å². The van der Waals surface area contributed by atoms with Gasteiger partial charge in [0.25, 0.3) is 0 Å². The van der Waals surface area contributed by atoms with Crippen molar-refractivity contribution in [2.75, 3.05) is 19.8 Å². The Morgan fingerprint density at radius 1 is 1.44 bits per heavy atom. The fourth-order valence-corrected chi connectivity index (χ4v) is 3.42. The standard InChI is InChI=1S/C22H27NO4/c1-4-27-21(25)22(3,18-10-12-26-14-18)11-9-16-5-6-17-7-8-19(15(2)24)23-20(17)13-16/h5-9,11,13,15,18,24H,4,10,12,14H2,1-3H3/b11-9+/t15-,18?,22?/m1/s1. The highest BCUT2D eigenvalue weighted by Crippen LogP contribution is 2.37. The van der Waals surface area contributed by atoms with E-state index >= 15 is 0 Å². The van der Waals surface area contributed by atoms with Crippen LogP contribution in [0.5, 0.6) is 0 Å². The van der Waals surface area contributed by atoms with Gasteiger partial charge in [-0.25, -0.2) is 0 Å². The molecule has 3 rings (SSSR count). The van der Waals surface area contributed by atoms with Crippen molar-refractivity contribution in [2.45, 2.75) is 33.3 Å². The van der Waals surface area contributed by atoms with Crippen LogP contribution in [0.2, 0.25) is 0 Å². The van der Waals surface area contributed by atoms with Gasteiger partial charge < -0.3 is 14.6 Å². The van der Waals surface area contributed by atoms with Crippen molar-refractivity contribution in [2.24, 2.45) is 11.3 Å². The van der Waals surface area contributed by atoms with E-state index in [2.05, 4.69) is 4.98 Å². The molecule has 1 aliphatic heterocycles. The van der Waals surface area contributed by atoms with E-state index in [0.29, 0.717) is 25.5 Å². The van der Waals surface area contributed by atoms with Gasteiger partial charge in [-0.3, -0.25) is 9.78 Å². The Morgan fingerprint density at radius 2 is 2.22 bits per heavy atom. The average Bonchev–Trinajstić information content (AvgIpc) is 3.21. The first kappa shape index (κ1) is 19.5. The molecule has 2 unspecified atom stereocenters. The first-order valence-electron chi connectivity index (χ1n) is 9.47. The maximum atomic E-state index is 12.6. The molecule has 1 aromatic heterocycles. The van der Waals surface area contributed by atoms with E-state index in [4.69, 9.17) is 9.47 Å². The number of ether oxygens (including phenoxy) is 2. The van der Waals surface area contributed by atoms with Crippen LogP contribution in [0.4, 0.5) is 0 Å². The summed E-state index contributed by atoms with van der Waals surface area (Å²) in [6.45, 7) is 7.05. The second-order valence-electron chi connectivity index (χ2n) is 7.26. The zero-order valence-corrected chi connectivity index (χ0v) is 16.1. The summed E-state index contributed by atoms with van der Waals surface area (Å²) >= 11 is 0. The van der Waals surface area contributed by atoms with Crippen molar-refractivity contribution in [1.29, 1.82) is 0 Å². The van der Waals surface area contributed by atoms with Gasteiger partial charge in [0.1, 0.15) is 0 Å². The summed E-state index contributed by atoms with van der Waals surface area (Å²) in [7, 11) is 0. The average molecular weight is 369 g/mol. The number of fused-ring (bicyclic) bond motifs is 1. The minimum Gasteiger partial charge on any atom is -0.465 e. The van der Waals surface area contributed by atoms with E-state index in [1.54, 1.807) is 6.92 Å². The van der Waals surface area contributed by atoms with Crippen LogP contribution < -0.4 is 0 Å². The van der Waals surface area contributed by atoms with E-state index < -0.39 is 11.5 Å². The van der Waals surface area contributed by atoms with Crippen molar-refractivity contribution in [1.82, 2.24) is 4.98 Å². The van der Waals surface area contributed by atoms with Crippen molar-refractivity contribution < 1.29 is 19.4 Å². The summed E-state index contributed by atoms with van der Waals surface area (Å²) in [5, 5.41) is 10.8. The summed E-state index contributed by atoms with van der Waals surface area (Å²) in [4.78, 5) is 17.2. The minimum atomic E-state index is -0.726. The van der Waals surface area contributed by atoms with Gasteiger partial charge in [0, 0.05) is 17.9 Å². The van der Waals surface area contributed by atoms with Gasteiger partial charge in [-0.05, 0) is 44.9 Å². The lowest BCUT2D eigenvalue weighted by molar-refractivity contribution is -0.154. The molecule has 5 heteroatoms. The molecule has 0 bridgehead atoms. The molecule has 2 heterocycles. The fraction of sp³-hybridized carbons (Fsp3) is 0.455. The molecule has 144 valence electrons. The number of benzene rings is 1. The van der Waals surface area contributed by atoms with E-state index in [1.807, 2.05) is 56.3 Å². The Bertz CT molecular complexity index is 839. The summed E-state index contributed by atoms with van der Waals surface area (Å²) < 4.78 is 10.8. The van der Waals surface area contributed by atoms with E-state index in [1.165, 1.54) is 0 Å². The van der Waals surface area contributed by atoms with E-state index in [-0.39, 0.29) is 11.9 Å². The first-order valence-corrected chi connectivity index (χ1v) is 9.47. The normalized spacial score (nSPS) is 20.7. The van der Waals surface area contributed by atoms with Crippen LogP contribution in [0.3, 0.4) is 0 Å². The van der Waals surface area contributed by atoms with Gasteiger partial charge >= 0.3 is 5.97 Å². The van der Waals surface area contributed by atoms with Gasteiger partial charge in [-0.2, -0.15) is 0 Å². The molecule has 0 spiro atoms. The molecular formula is C22H27NO4. The third kappa shape index (κ3) is 4.20. The highest BCUT2D eigenvalue weighted by Gasteiger charge is 2.42. The number of carbonyl (C=O) groups is 1. The molecule has 0 amide bonds. The lowest BCUT2D eigenvalue weighted by Crippen LogP contribution is -2.36. The van der Waals surface area contributed by atoms with Gasteiger partial charge in [0.15, 0.2) is 0 Å². The minimum absolute atomic E-state index is 0.105. The molecule has 0 saturated carbocycles. The zero-order valence-electron chi connectivity index (χ0n) is 16.1. The lowest BCUT2D eigenvalue weighted by atomic mass is 9.76. The largest absolute Gasteiger partial charge is 0.465 e. The Balaban J connectivity index is 1.92. The van der Waals surface area contributed by atoms with Gasteiger partial charge in [0.05, 0.1) is 35.9 Å². The third-order valence-electron chi connectivity index (χ3n) is 5.28. The number of nitrogens with zero attached hydrogens (tertiary/aromatic N) is 1. The summed E-state index contributed by atoms with van der Waals surface area (Å²) in [6, 6.07) is 9.75. The quantitative estimate of drug-likeness (QED) is 0.782. The maximum Gasteiger partial charge on any atom is 0.316 e. The lowest BCUT2D eigenvalue weighted by Gasteiger charge is -2.29. The van der Waals surface area contributed by atoms with Crippen molar-refractivity contribution >= 4 is 22.9 Å². The van der Waals surface area contributed by atoms with Crippen molar-refractivity contribution in [3.05, 3.63) is 47.7 Å². The van der Waals surface area contributed by atoms with Gasteiger partial charge in [-0.1, -0.05) is 30.4 Å². The number of esters is 1. The molecule has 1 fully saturated rings.